The van der Waals surface area contributed by atoms with Gasteiger partial charge in [-0.1, -0.05) is 12.1 Å². The summed E-state index contributed by atoms with van der Waals surface area (Å²) < 4.78 is 18.8. The maximum Gasteiger partial charge on any atom is 0.247 e. The molecule has 1 aromatic carbocycles. The number of aromatic nitrogens is 2. The molecule has 1 aliphatic rings. The molecular weight excluding hydrogens is 297 g/mol. The van der Waals surface area contributed by atoms with Crippen LogP contribution in [-0.4, -0.2) is 40.8 Å². The summed E-state index contributed by atoms with van der Waals surface area (Å²) in [5.41, 5.74) is 2.27. The molecule has 1 atom stereocenters. The molecular formula is C17H18FN3O2. The number of nitrogens with zero attached hydrogens (tertiary/aromatic N) is 2. The number of H-pyrrole nitrogens is 1. The Morgan fingerprint density at radius 1 is 1.48 bits per heavy atom. The van der Waals surface area contributed by atoms with Crippen molar-refractivity contribution < 1.29 is 13.9 Å². The fourth-order valence-corrected chi connectivity index (χ4v) is 2.66. The van der Waals surface area contributed by atoms with E-state index in [0.717, 1.165) is 11.3 Å². The molecule has 0 saturated carbocycles. The van der Waals surface area contributed by atoms with E-state index in [1.54, 1.807) is 36.2 Å². The maximum atomic E-state index is 13.3. The minimum absolute atomic E-state index is 0.116. The Morgan fingerprint density at radius 2 is 2.35 bits per heavy atom. The average Bonchev–Trinajstić information content (AvgIpc) is 3.09. The Morgan fingerprint density at radius 3 is 3.09 bits per heavy atom. The minimum Gasteiger partial charge on any atom is -0.377 e. The molecule has 23 heavy (non-hydrogen) atoms. The standard InChI is InChI=1S/C17H18FN3O2/c1-12(13-3-2-4-14(18)10-13)9-17(22)21-7-8-23-11-16(21)15-5-6-19-20-15/h2-6,9-10,16H,7-8,11H2,1H3,(H,19,20)/b12-9+. The van der Waals surface area contributed by atoms with Crippen LogP contribution >= 0.6 is 0 Å². The van der Waals surface area contributed by atoms with Gasteiger partial charge in [0.15, 0.2) is 0 Å². The zero-order chi connectivity index (χ0) is 16.2. The summed E-state index contributed by atoms with van der Waals surface area (Å²) in [6.45, 7) is 3.25. The molecule has 0 bridgehead atoms. The van der Waals surface area contributed by atoms with Crippen molar-refractivity contribution in [2.45, 2.75) is 13.0 Å². The first-order chi connectivity index (χ1) is 11.1. The van der Waals surface area contributed by atoms with Gasteiger partial charge in [-0.15, -0.1) is 0 Å². The van der Waals surface area contributed by atoms with Crippen LogP contribution in [0.2, 0.25) is 0 Å². The third-order valence-corrected chi connectivity index (χ3v) is 3.91. The van der Waals surface area contributed by atoms with Crippen molar-refractivity contribution in [3.05, 3.63) is 59.7 Å². The quantitative estimate of drug-likeness (QED) is 0.886. The van der Waals surface area contributed by atoms with E-state index in [0.29, 0.717) is 25.3 Å². The maximum absolute atomic E-state index is 13.3. The fourth-order valence-electron chi connectivity index (χ4n) is 2.66. The second-order valence-corrected chi connectivity index (χ2v) is 5.47. The molecule has 1 saturated heterocycles. The SMILES string of the molecule is C/C(=C\C(=O)N1CCOCC1c1ccn[nH]1)c1cccc(F)c1. The van der Waals surface area contributed by atoms with Gasteiger partial charge in [0.25, 0.3) is 0 Å². The van der Waals surface area contributed by atoms with E-state index in [-0.39, 0.29) is 17.8 Å². The smallest absolute Gasteiger partial charge is 0.247 e. The summed E-state index contributed by atoms with van der Waals surface area (Å²) in [6.07, 6.45) is 3.20. The van der Waals surface area contributed by atoms with E-state index in [4.69, 9.17) is 4.74 Å². The van der Waals surface area contributed by atoms with Gasteiger partial charge in [-0.3, -0.25) is 9.89 Å². The van der Waals surface area contributed by atoms with Gasteiger partial charge < -0.3 is 9.64 Å². The molecule has 1 unspecified atom stereocenters. The number of rotatable bonds is 3. The molecule has 1 aliphatic heterocycles. The zero-order valence-corrected chi connectivity index (χ0v) is 12.8. The van der Waals surface area contributed by atoms with Crippen LogP contribution in [-0.2, 0) is 9.53 Å². The van der Waals surface area contributed by atoms with Crippen LogP contribution in [0, 0.1) is 5.82 Å². The number of ether oxygens (including phenoxy) is 1. The summed E-state index contributed by atoms with van der Waals surface area (Å²) in [5.74, 6) is -0.431. The minimum atomic E-state index is -0.315. The van der Waals surface area contributed by atoms with Crippen LogP contribution < -0.4 is 0 Å². The number of aromatic amines is 1. The van der Waals surface area contributed by atoms with Crippen LogP contribution in [0.5, 0.6) is 0 Å². The molecule has 0 radical (unpaired) electrons. The number of morpholine rings is 1. The van der Waals surface area contributed by atoms with Crippen molar-refractivity contribution >= 4 is 11.5 Å². The van der Waals surface area contributed by atoms with Gasteiger partial charge in [0, 0.05) is 18.8 Å². The first-order valence-electron chi connectivity index (χ1n) is 7.47. The summed E-state index contributed by atoms with van der Waals surface area (Å²) >= 11 is 0. The Bertz CT molecular complexity index is 712. The second kappa shape index (κ2) is 6.75. The molecule has 1 N–H and O–H groups in total. The molecule has 1 amide bonds. The monoisotopic (exact) mass is 315 g/mol. The lowest BCUT2D eigenvalue weighted by Crippen LogP contribution is -2.42. The van der Waals surface area contributed by atoms with Gasteiger partial charge >= 0.3 is 0 Å². The average molecular weight is 315 g/mol. The number of halogens is 1. The van der Waals surface area contributed by atoms with E-state index >= 15 is 0 Å². The van der Waals surface area contributed by atoms with Gasteiger partial charge in [0.2, 0.25) is 5.91 Å². The number of allylic oxidation sites excluding steroid dienone is 1. The van der Waals surface area contributed by atoms with Crippen LogP contribution in [0.3, 0.4) is 0 Å². The van der Waals surface area contributed by atoms with E-state index in [1.807, 2.05) is 6.07 Å². The first-order valence-corrected chi connectivity index (χ1v) is 7.47. The Kier molecular flexibility index (Phi) is 4.52. The molecule has 3 rings (SSSR count). The van der Waals surface area contributed by atoms with Crippen LogP contribution in [0.4, 0.5) is 4.39 Å². The van der Waals surface area contributed by atoms with Crippen molar-refractivity contribution in [2.75, 3.05) is 19.8 Å². The highest BCUT2D eigenvalue weighted by Gasteiger charge is 2.28. The number of hydrogen-bond donors (Lipinski definition) is 1. The van der Waals surface area contributed by atoms with E-state index in [2.05, 4.69) is 10.2 Å². The van der Waals surface area contributed by atoms with Gasteiger partial charge in [-0.05, 0) is 36.3 Å². The lowest BCUT2D eigenvalue weighted by Gasteiger charge is -2.34. The molecule has 1 fully saturated rings. The molecule has 2 heterocycles. The number of amides is 1. The van der Waals surface area contributed by atoms with Crippen molar-refractivity contribution in [3.8, 4) is 0 Å². The van der Waals surface area contributed by atoms with Gasteiger partial charge in [0.05, 0.1) is 24.9 Å². The van der Waals surface area contributed by atoms with Gasteiger partial charge in [-0.2, -0.15) is 5.10 Å². The number of nitrogens with one attached hydrogen (secondary N) is 1. The van der Waals surface area contributed by atoms with Gasteiger partial charge in [0.1, 0.15) is 5.82 Å². The third kappa shape index (κ3) is 3.48. The predicted molar refractivity (Wildman–Crippen MR) is 83.9 cm³/mol. The van der Waals surface area contributed by atoms with Crippen LogP contribution in [0.15, 0.2) is 42.6 Å². The highest BCUT2D eigenvalue weighted by atomic mass is 19.1. The highest BCUT2D eigenvalue weighted by Crippen LogP contribution is 2.24. The van der Waals surface area contributed by atoms with Crippen molar-refractivity contribution in [3.63, 3.8) is 0 Å². The van der Waals surface area contributed by atoms with Crippen molar-refractivity contribution in [1.82, 2.24) is 15.1 Å². The Hall–Kier alpha value is -2.47. The number of benzene rings is 1. The van der Waals surface area contributed by atoms with Crippen molar-refractivity contribution in [2.24, 2.45) is 0 Å². The topological polar surface area (TPSA) is 58.2 Å². The molecule has 2 aromatic rings. The van der Waals surface area contributed by atoms with Gasteiger partial charge in [-0.25, -0.2) is 4.39 Å². The third-order valence-electron chi connectivity index (χ3n) is 3.91. The highest BCUT2D eigenvalue weighted by molar-refractivity contribution is 5.95. The van der Waals surface area contributed by atoms with Crippen LogP contribution in [0.1, 0.15) is 24.2 Å². The molecule has 0 spiro atoms. The Balaban J connectivity index is 1.81. The first kappa shape index (κ1) is 15.4. The number of carbonyl (C=O) groups excluding carboxylic acids is 1. The number of carbonyl (C=O) groups is 1. The molecule has 0 aliphatic carbocycles. The summed E-state index contributed by atoms with van der Waals surface area (Å²) in [7, 11) is 0. The largest absolute Gasteiger partial charge is 0.377 e. The summed E-state index contributed by atoms with van der Waals surface area (Å²) in [4.78, 5) is 14.4. The van der Waals surface area contributed by atoms with E-state index < -0.39 is 0 Å². The summed E-state index contributed by atoms with van der Waals surface area (Å²) in [5, 5.41) is 6.82. The second-order valence-electron chi connectivity index (χ2n) is 5.47. The molecule has 1 aromatic heterocycles. The lowest BCUT2D eigenvalue weighted by molar-refractivity contribution is -0.134. The molecule has 5 nitrogen and oxygen atoms in total. The van der Waals surface area contributed by atoms with Crippen molar-refractivity contribution in [1.29, 1.82) is 0 Å². The summed E-state index contributed by atoms with van der Waals surface area (Å²) in [6, 6.07) is 7.88. The predicted octanol–water partition coefficient (Wildman–Crippen LogP) is 2.55. The van der Waals surface area contributed by atoms with E-state index in [9.17, 15) is 9.18 Å². The zero-order valence-electron chi connectivity index (χ0n) is 12.8. The van der Waals surface area contributed by atoms with Crippen LogP contribution in [0.25, 0.3) is 5.57 Å². The molecule has 120 valence electrons. The normalized spacial score (nSPS) is 19.0. The number of hydrogen-bond acceptors (Lipinski definition) is 3. The fraction of sp³-hybridized carbons (Fsp3) is 0.294. The Labute approximate surface area is 133 Å². The van der Waals surface area contributed by atoms with E-state index in [1.165, 1.54) is 12.1 Å². The molecule has 6 heteroatoms. The lowest BCUT2D eigenvalue weighted by atomic mass is 10.1.